The zero-order valence-electron chi connectivity index (χ0n) is 12.2. The van der Waals surface area contributed by atoms with Crippen LogP contribution in [0.2, 0.25) is 0 Å². The Balaban J connectivity index is 1.98. The Morgan fingerprint density at radius 1 is 1.32 bits per heavy atom. The van der Waals surface area contributed by atoms with Crippen molar-refractivity contribution in [3.63, 3.8) is 0 Å². The summed E-state index contributed by atoms with van der Waals surface area (Å²) in [7, 11) is 0. The Morgan fingerprint density at radius 2 is 1.89 bits per heavy atom. The van der Waals surface area contributed by atoms with E-state index < -0.39 is 0 Å². The zero-order chi connectivity index (χ0) is 14.4. The van der Waals surface area contributed by atoms with Crippen molar-refractivity contribution in [3.05, 3.63) is 0 Å². The van der Waals surface area contributed by atoms with Gasteiger partial charge in [-0.25, -0.2) is 0 Å². The average Bonchev–Trinajstić information content (AvgIpc) is 2.35. The molecule has 108 valence electrons. The molecule has 0 bridgehead atoms. The van der Waals surface area contributed by atoms with E-state index in [2.05, 4.69) is 38.3 Å². The topological polar surface area (TPSA) is 84.2 Å². The molecule has 1 aliphatic heterocycles. The maximum atomic E-state index is 12.3. The largest absolute Gasteiger partial charge is 0.355 e. The van der Waals surface area contributed by atoms with Crippen molar-refractivity contribution in [2.45, 2.75) is 52.6 Å². The minimum atomic E-state index is -0.110. The summed E-state index contributed by atoms with van der Waals surface area (Å²) in [5, 5.41) is 5.89. The molecule has 2 amide bonds. The van der Waals surface area contributed by atoms with Crippen LogP contribution in [0.25, 0.3) is 0 Å². The second kappa shape index (κ2) is 4.47. The molecule has 1 saturated heterocycles. The Labute approximate surface area is 114 Å². The number of carbonyl (C=O) groups is 2. The third kappa shape index (κ3) is 2.24. The number of rotatable bonds is 2. The molecule has 4 N–H and O–H groups in total. The average molecular weight is 267 g/mol. The van der Waals surface area contributed by atoms with Gasteiger partial charge >= 0.3 is 0 Å². The standard InChI is InChI=1S/C14H25N3O2/c1-13(2)11(15)14(3,4)12(13)17-10(19)8-5-6-9(18)16-7-8/h8,11-12H,5-7,15H2,1-4H3,(H,16,18)(H,17,19). The van der Waals surface area contributed by atoms with E-state index in [0.717, 1.165) is 0 Å². The second-order valence-electron chi connectivity index (χ2n) is 7.10. The van der Waals surface area contributed by atoms with Crippen molar-refractivity contribution >= 4 is 11.8 Å². The highest BCUT2D eigenvalue weighted by atomic mass is 16.2. The van der Waals surface area contributed by atoms with E-state index in [1.54, 1.807) is 0 Å². The molecule has 19 heavy (non-hydrogen) atoms. The zero-order valence-corrected chi connectivity index (χ0v) is 12.2. The third-order valence-electron chi connectivity index (χ3n) is 5.01. The summed E-state index contributed by atoms with van der Waals surface area (Å²) < 4.78 is 0. The Kier molecular flexibility index (Phi) is 3.37. The predicted octanol–water partition coefficient (Wildman–Crippen LogP) is 0.391. The SMILES string of the molecule is CC1(C)C(N)C(C)(C)C1NC(=O)C1CCC(=O)NC1. The molecule has 1 unspecified atom stereocenters. The minimum absolute atomic E-state index is 0.0374. The van der Waals surface area contributed by atoms with E-state index in [0.29, 0.717) is 19.4 Å². The summed E-state index contributed by atoms with van der Waals surface area (Å²) in [6.07, 6.45) is 1.08. The lowest BCUT2D eigenvalue weighted by molar-refractivity contribution is -0.137. The molecule has 1 saturated carbocycles. The summed E-state index contributed by atoms with van der Waals surface area (Å²) in [5.74, 6) is -0.0328. The Hall–Kier alpha value is -1.10. The van der Waals surface area contributed by atoms with Gasteiger partial charge in [0.25, 0.3) is 0 Å². The number of nitrogens with two attached hydrogens (primary N) is 1. The van der Waals surface area contributed by atoms with Crippen LogP contribution in [-0.4, -0.2) is 30.4 Å². The van der Waals surface area contributed by atoms with Gasteiger partial charge < -0.3 is 16.4 Å². The fraction of sp³-hybridized carbons (Fsp3) is 0.857. The van der Waals surface area contributed by atoms with Crippen LogP contribution in [0.3, 0.4) is 0 Å². The molecular weight excluding hydrogens is 242 g/mol. The summed E-state index contributed by atoms with van der Waals surface area (Å²) in [6, 6.07) is 0.163. The smallest absolute Gasteiger partial charge is 0.225 e. The molecule has 0 aromatic carbocycles. The van der Waals surface area contributed by atoms with Crippen molar-refractivity contribution < 1.29 is 9.59 Å². The van der Waals surface area contributed by atoms with Gasteiger partial charge in [-0.05, 0) is 6.42 Å². The number of hydrogen-bond acceptors (Lipinski definition) is 3. The van der Waals surface area contributed by atoms with E-state index >= 15 is 0 Å². The van der Waals surface area contributed by atoms with Crippen LogP contribution in [0.4, 0.5) is 0 Å². The maximum Gasteiger partial charge on any atom is 0.225 e. The number of hydrogen-bond donors (Lipinski definition) is 3. The van der Waals surface area contributed by atoms with E-state index in [1.165, 1.54) is 0 Å². The second-order valence-corrected chi connectivity index (χ2v) is 7.10. The fourth-order valence-corrected chi connectivity index (χ4v) is 3.77. The molecule has 5 nitrogen and oxygen atoms in total. The first-order chi connectivity index (χ1) is 8.67. The number of amides is 2. The van der Waals surface area contributed by atoms with Crippen molar-refractivity contribution in [1.82, 2.24) is 10.6 Å². The van der Waals surface area contributed by atoms with Gasteiger partial charge in [-0.2, -0.15) is 0 Å². The van der Waals surface area contributed by atoms with Crippen LogP contribution in [-0.2, 0) is 9.59 Å². The first-order valence-electron chi connectivity index (χ1n) is 7.00. The van der Waals surface area contributed by atoms with E-state index in [1.807, 2.05) is 0 Å². The molecule has 0 radical (unpaired) electrons. The van der Waals surface area contributed by atoms with Gasteiger partial charge in [-0.1, -0.05) is 27.7 Å². The van der Waals surface area contributed by atoms with Gasteiger partial charge in [0.1, 0.15) is 0 Å². The van der Waals surface area contributed by atoms with Crippen LogP contribution in [0.1, 0.15) is 40.5 Å². The molecule has 2 rings (SSSR count). The van der Waals surface area contributed by atoms with E-state index in [4.69, 9.17) is 5.73 Å². The lowest BCUT2D eigenvalue weighted by atomic mass is 9.48. The van der Waals surface area contributed by atoms with Gasteiger partial charge in [0.15, 0.2) is 0 Å². The van der Waals surface area contributed by atoms with Gasteiger partial charge in [0.2, 0.25) is 11.8 Å². The normalized spacial score (nSPS) is 36.1. The molecule has 5 heteroatoms. The molecule has 0 aromatic heterocycles. The molecule has 0 aromatic rings. The lowest BCUT2D eigenvalue weighted by Gasteiger charge is -2.63. The molecule has 2 aliphatic rings. The van der Waals surface area contributed by atoms with Crippen molar-refractivity contribution in [2.24, 2.45) is 22.5 Å². The van der Waals surface area contributed by atoms with Gasteiger partial charge in [0.05, 0.1) is 5.92 Å². The van der Waals surface area contributed by atoms with Crippen LogP contribution >= 0.6 is 0 Å². The Morgan fingerprint density at radius 3 is 2.37 bits per heavy atom. The monoisotopic (exact) mass is 267 g/mol. The predicted molar refractivity (Wildman–Crippen MR) is 73.2 cm³/mol. The summed E-state index contributed by atoms with van der Waals surface area (Å²) >= 11 is 0. The first kappa shape index (κ1) is 14.3. The maximum absolute atomic E-state index is 12.3. The Bertz CT molecular complexity index is 377. The molecule has 1 atom stereocenters. The number of piperidine rings is 1. The van der Waals surface area contributed by atoms with Crippen LogP contribution in [0, 0.1) is 16.7 Å². The molecule has 1 aliphatic carbocycles. The molecular formula is C14H25N3O2. The molecule has 0 spiro atoms. The van der Waals surface area contributed by atoms with Crippen LogP contribution < -0.4 is 16.4 Å². The fourth-order valence-electron chi connectivity index (χ4n) is 3.77. The number of carbonyl (C=O) groups excluding carboxylic acids is 2. The van der Waals surface area contributed by atoms with Gasteiger partial charge in [-0.3, -0.25) is 9.59 Å². The first-order valence-corrected chi connectivity index (χ1v) is 7.00. The summed E-state index contributed by atoms with van der Waals surface area (Å²) in [6.45, 7) is 8.82. The molecule has 1 heterocycles. The minimum Gasteiger partial charge on any atom is -0.355 e. The van der Waals surface area contributed by atoms with Crippen molar-refractivity contribution in [3.8, 4) is 0 Å². The highest BCUT2D eigenvalue weighted by molar-refractivity contribution is 5.84. The van der Waals surface area contributed by atoms with Crippen LogP contribution in [0.15, 0.2) is 0 Å². The van der Waals surface area contributed by atoms with E-state index in [-0.39, 0.29) is 40.6 Å². The number of nitrogens with one attached hydrogen (secondary N) is 2. The summed E-state index contributed by atoms with van der Waals surface area (Å²) in [5.41, 5.74) is 6.02. The van der Waals surface area contributed by atoms with Crippen LogP contribution in [0.5, 0.6) is 0 Å². The summed E-state index contributed by atoms with van der Waals surface area (Å²) in [4.78, 5) is 23.4. The molecule has 2 fully saturated rings. The lowest BCUT2D eigenvalue weighted by Crippen LogP contribution is -2.76. The van der Waals surface area contributed by atoms with Gasteiger partial charge in [0, 0.05) is 35.9 Å². The highest BCUT2D eigenvalue weighted by Gasteiger charge is 2.60. The van der Waals surface area contributed by atoms with E-state index in [9.17, 15) is 9.59 Å². The van der Waals surface area contributed by atoms with Crippen molar-refractivity contribution in [1.29, 1.82) is 0 Å². The van der Waals surface area contributed by atoms with Gasteiger partial charge in [-0.15, -0.1) is 0 Å². The quantitative estimate of drug-likeness (QED) is 0.676. The third-order valence-corrected chi connectivity index (χ3v) is 5.01. The van der Waals surface area contributed by atoms with Crippen molar-refractivity contribution in [2.75, 3.05) is 6.54 Å². The highest BCUT2D eigenvalue weighted by Crippen LogP contribution is 2.52.